The number of hydrogen-bond acceptors (Lipinski definition) is 4. The number of benzene rings is 2. The van der Waals surface area contributed by atoms with Gasteiger partial charge < -0.3 is 4.74 Å². The molecule has 2 rings (SSSR count). The van der Waals surface area contributed by atoms with Crippen molar-refractivity contribution in [3.8, 4) is 0 Å². The zero-order valence-corrected chi connectivity index (χ0v) is 14.9. The topological polar surface area (TPSA) is 72.5 Å². The van der Waals surface area contributed by atoms with Crippen LogP contribution in [0.3, 0.4) is 0 Å². The molecule has 0 fully saturated rings. The SMILES string of the molecule is COC(=O)c1ccc(CNS(=O)(=O)c2cc(C(F)(F)F)ccc2Cl)cc1. The number of methoxy groups -OCH3 is 1. The Kier molecular flexibility index (Phi) is 5.94. The predicted octanol–water partition coefficient (Wildman–Crippen LogP) is 3.62. The molecule has 0 bridgehead atoms. The zero-order chi connectivity index (χ0) is 19.5. The Bertz CT molecular complexity index is 912. The van der Waals surface area contributed by atoms with Crippen molar-refractivity contribution in [2.45, 2.75) is 17.6 Å². The van der Waals surface area contributed by atoms with E-state index in [9.17, 15) is 26.4 Å². The van der Waals surface area contributed by atoms with Crippen LogP contribution in [0.15, 0.2) is 47.4 Å². The summed E-state index contributed by atoms with van der Waals surface area (Å²) in [5, 5.41) is -0.327. The zero-order valence-electron chi connectivity index (χ0n) is 13.3. The summed E-state index contributed by atoms with van der Waals surface area (Å²) in [4.78, 5) is 10.7. The summed E-state index contributed by atoms with van der Waals surface area (Å²) in [6.45, 7) is -0.198. The van der Waals surface area contributed by atoms with E-state index in [0.717, 1.165) is 6.07 Å². The van der Waals surface area contributed by atoms with Gasteiger partial charge in [-0.05, 0) is 35.9 Å². The number of carbonyl (C=O) groups is 1. The van der Waals surface area contributed by atoms with Crippen molar-refractivity contribution in [1.82, 2.24) is 4.72 Å². The lowest BCUT2D eigenvalue weighted by atomic mass is 10.1. The van der Waals surface area contributed by atoms with E-state index in [-0.39, 0.29) is 17.1 Å². The fourth-order valence-corrected chi connectivity index (χ4v) is 3.56. The molecule has 0 unspecified atom stereocenters. The summed E-state index contributed by atoms with van der Waals surface area (Å²) in [5.41, 5.74) is -0.353. The van der Waals surface area contributed by atoms with Gasteiger partial charge in [-0.1, -0.05) is 23.7 Å². The van der Waals surface area contributed by atoms with Crippen LogP contribution in [-0.4, -0.2) is 21.5 Å². The van der Waals surface area contributed by atoms with E-state index in [1.54, 1.807) is 0 Å². The molecule has 0 saturated carbocycles. The molecule has 2 aromatic carbocycles. The van der Waals surface area contributed by atoms with Crippen LogP contribution in [-0.2, 0) is 27.5 Å². The van der Waals surface area contributed by atoms with Crippen LogP contribution in [0.25, 0.3) is 0 Å². The minimum absolute atomic E-state index is 0.198. The standard InChI is InChI=1S/C16H13ClF3NO4S/c1-25-15(22)11-4-2-10(3-5-11)9-21-26(23,24)14-8-12(16(18,19)20)6-7-13(14)17/h2-8,21H,9H2,1H3. The predicted molar refractivity (Wildman–Crippen MR) is 88.3 cm³/mol. The highest BCUT2D eigenvalue weighted by molar-refractivity contribution is 7.89. The second-order valence-electron chi connectivity index (χ2n) is 5.16. The summed E-state index contributed by atoms with van der Waals surface area (Å²) < 4.78 is 69.6. The van der Waals surface area contributed by atoms with Crippen LogP contribution in [0.4, 0.5) is 13.2 Å². The Morgan fingerprint density at radius 1 is 1.15 bits per heavy atom. The van der Waals surface area contributed by atoms with Crippen molar-refractivity contribution < 1.29 is 31.1 Å². The molecular weight excluding hydrogens is 395 g/mol. The summed E-state index contributed by atoms with van der Waals surface area (Å²) in [5.74, 6) is -0.548. The number of carbonyl (C=O) groups excluding carboxylic acids is 1. The van der Waals surface area contributed by atoms with E-state index >= 15 is 0 Å². The van der Waals surface area contributed by atoms with E-state index in [0.29, 0.717) is 17.7 Å². The third-order valence-electron chi connectivity index (χ3n) is 3.39. The third-order valence-corrected chi connectivity index (χ3v) is 5.27. The highest BCUT2D eigenvalue weighted by Gasteiger charge is 2.32. The number of hydrogen-bond donors (Lipinski definition) is 1. The van der Waals surface area contributed by atoms with Crippen LogP contribution in [0, 0.1) is 0 Å². The molecule has 0 saturated heterocycles. The molecule has 0 amide bonds. The minimum Gasteiger partial charge on any atom is -0.465 e. The first-order valence-corrected chi connectivity index (χ1v) is 8.94. The van der Waals surface area contributed by atoms with Gasteiger partial charge in [0.1, 0.15) is 4.90 Å². The van der Waals surface area contributed by atoms with Gasteiger partial charge in [0.25, 0.3) is 0 Å². The van der Waals surface area contributed by atoms with Crippen LogP contribution < -0.4 is 4.72 Å². The van der Waals surface area contributed by atoms with Gasteiger partial charge in [0.2, 0.25) is 10.0 Å². The van der Waals surface area contributed by atoms with Crippen LogP contribution in [0.1, 0.15) is 21.5 Å². The molecule has 0 radical (unpaired) electrons. The second-order valence-corrected chi connectivity index (χ2v) is 7.30. The number of sulfonamides is 1. The molecule has 0 aliphatic heterocycles. The van der Waals surface area contributed by atoms with Gasteiger partial charge in [-0.2, -0.15) is 13.2 Å². The average Bonchev–Trinajstić information content (AvgIpc) is 2.59. The Morgan fingerprint density at radius 2 is 1.77 bits per heavy atom. The van der Waals surface area contributed by atoms with E-state index in [4.69, 9.17) is 11.6 Å². The largest absolute Gasteiger partial charge is 0.465 e. The highest BCUT2D eigenvalue weighted by Crippen LogP contribution is 2.33. The quantitative estimate of drug-likeness (QED) is 0.768. The molecule has 0 spiro atoms. The Labute approximate surface area is 152 Å². The molecule has 5 nitrogen and oxygen atoms in total. The fraction of sp³-hybridized carbons (Fsp3) is 0.188. The van der Waals surface area contributed by atoms with Gasteiger partial charge in [0, 0.05) is 6.54 Å². The van der Waals surface area contributed by atoms with Crippen molar-refractivity contribution in [2.24, 2.45) is 0 Å². The van der Waals surface area contributed by atoms with Gasteiger partial charge in [0.05, 0.1) is 23.3 Å². The van der Waals surface area contributed by atoms with Gasteiger partial charge >= 0.3 is 12.1 Å². The smallest absolute Gasteiger partial charge is 0.416 e. The van der Waals surface area contributed by atoms with Crippen molar-refractivity contribution in [3.63, 3.8) is 0 Å². The number of rotatable bonds is 5. The molecule has 2 aromatic rings. The van der Waals surface area contributed by atoms with Crippen molar-refractivity contribution >= 4 is 27.6 Å². The van der Waals surface area contributed by atoms with E-state index < -0.39 is 32.6 Å². The molecule has 0 heterocycles. The van der Waals surface area contributed by atoms with E-state index in [2.05, 4.69) is 9.46 Å². The minimum atomic E-state index is -4.70. The third kappa shape index (κ3) is 4.75. The van der Waals surface area contributed by atoms with Gasteiger partial charge in [0.15, 0.2) is 0 Å². The molecule has 26 heavy (non-hydrogen) atoms. The van der Waals surface area contributed by atoms with Gasteiger partial charge in [-0.15, -0.1) is 0 Å². The van der Waals surface area contributed by atoms with Crippen molar-refractivity contribution in [2.75, 3.05) is 7.11 Å². The lowest BCUT2D eigenvalue weighted by Gasteiger charge is -2.12. The maximum absolute atomic E-state index is 12.8. The molecule has 0 aromatic heterocycles. The molecule has 10 heteroatoms. The molecular formula is C16H13ClF3NO4S. The number of halogens is 4. The molecule has 140 valence electrons. The highest BCUT2D eigenvalue weighted by atomic mass is 35.5. The van der Waals surface area contributed by atoms with Crippen molar-refractivity contribution in [1.29, 1.82) is 0 Å². The maximum atomic E-state index is 12.8. The molecule has 1 N–H and O–H groups in total. The van der Waals surface area contributed by atoms with Crippen LogP contribution in [0.2, 0.25) is 5.02 Å². The Morgan fingerprint density at radius 3 is 2.31 bits per heavy atom. The average molecular weight is 408 g/mol. The van der Waals surface area contributed by atoms with Crippen LogP contribution >= 0.6 is 11.6 Å². The Hall–Kier alpha value is -2.10. The van der Waals surface area contributed by atoms with Gasteiger partial charge in [-0.3, -0.25) is 0 Å². The van der Waals surface area contributed by atoms with E-state index in [1.807, 2.05) is 0 Å². The summed E-state index contributed by atoms with van der Waals surface area (Å²) in [7, 11) is -3.05. The summed E-state index contributed by atoms with van der Waals surface area (Å²) >= 11 is 5.75. The second kappa shape index (κ2) is 7.65. The monoisotopic (exact) mass is 407 g/mol. The first-order valence-electron chi connectivity index (χ1n) is 7.08. The lowest BCUT2D eigenvalue weighted by molar-refractivity contribution is -0.137. The normalized spacial score (nSPS) is 12.0. The maximum Gasteiger partial charge on any atom is 0.416 e. The Balaban J connectivity index is 2.20. The van der Waals surface area contributed by atoms with Gasteiger partial charge in [-0.25, -0.2) is 17.9 Å². The number of nitrogens with one attached hydrogen (secondary N) is 1. The first-order chi connectivity index (χ1) is 12.0. The van der Waals surface area contributed by atoms with Crippen LogP contribution in [0.5, 0.6) is 0 Å². The summed E-state index contributed by atoms with van der Waals surface area (Å²) in [6.07, 6.45) is -4.70. The summed E-state index contributed by atoms with van der Waals surface area (Å²) in [6, 6.07) is 7.91. The van der Waals surface area contributed by atoms with Crippen molar-refractivity contribution in [3.05, 3.63) is 64.2 Å². The number of alkyl halides is 3. The lowest BCUT2D eigenvalue weighted by Crippen LogP contribution is -2.24. The fourth-order valence-electron chi connectivity index (χ4n) is 2.02. The molecule has 0 aliphatic rings. The number of ether oxygens (including phenoxy) is 1. The number of esters is 1. The molecule has 0 aliphatic carbocycles. The van der Waals surface area contributed by atoms with E-state index in [1.165, 1.54) is 31.4 Å². The first kappa shape index (κ1) is 20.2. The molecule has 0 atom stereocenters.